The molecule has 2 fully saturated rings. The van der Waals surface area contributed by atoms with E-state index in [1.54, 1.807) is 13.3 Å². The van der Waals surface area contributed by atoms with Crippen LogP contribution in [-0.4, -0.2) is 43.2 Å². The molecule has 2 aliphatic heterocycles. The van der Waals surface area contributed by atoms with E-state index in [1.807, 2.05) is 6.07 Å². The normalized spacial score (nSPS) is 28.3. The minimum Gasteiger partial charge on any atom is -0.481 e. The number of likely N-dealkylation sites (tertiary alicyclic amines) is 1. The molecule has 0 saturated carbocycles. The van der Waals surface area contributed by atoms with Gasteiger partial charge >= 0.3 is 0 Å². The molecule has 92 valence electrons. The lowest BCUT2D eigenvalue weighted by molar-refractivity contribution is 0.296. The smallest absolute Gasteiger partial charge is 0.217 e. The Bertz CT molecular complexity index is 384. The predicted molar refractivity (Wildman–Crippen MR) is 65.9 cm³/mol. The molecule has 4 heteroatoms. The van der Waals surface area contributed by atoms with E-state index < -0.39 is 0 Å². The maximum Gasteiger partial charge on any atom is 0.217 e. The molecule has 2 aliphatic rings. The highest BCUT2D eigenvalue weighted by atomic mass is 16.5. The first-order valence-corrected chi connectivity index (χ1v) is 6.28. The number of methoxy groups -OCH3 is 1. The van der Waals surface area contributed by atoms with Gasteiger partial charge in [-0.15, -0.1) is 0 Å². The van der Waals surface area contributed by atoms with Crippen LogP contribution in [-0.2, 0) is 6.54 Å². The van der Waals surface area contributed by atoms with Crippen LogP contribution in [0.2, 0.25) is 0 Å². The maximum atomic E-state index is 5.30. The number of nitrogens with zero attached hydrogens (tertiary/aromatic N) is 2. The minimum atomic E-state index is 0.766. The first-order chi connectivity index (χ1) is 8.36. The Kier molecular flexibility index (Phi) is 2.99. The summed E-state index contributed by atoms with van der Waals surface area (Å²) in [5, 5.41) is 3.47. The average molecular weight is 233 g/mol. The number of hydrogen-bond acceptors (Lipinski definition) is 4. The third-order valence-electron chi connectivity index (χ3n) is 3.90. The van der Waals surface area contributed by atoms with Gasteiger partial charge < -0.3 is 10.1 Å². The summed E-state index contributed by atoms with van der Waals surface area (Å²) in [6.45, 7) is 5.74. The van der Waals surface area contributed by atoms with Crippen molar-refractivity contribution in [3.63, 3.8) is 0 Å². The van der Waals surface area contributed by atoms with Gasteiger partial charge in [-0.05, 0) is 31.0 Å². The Labute approximate surface area is 102 Å². The molecule has 4 nitrogen and oxygen atoms in total. The Morgan fingerprint density at radius 1 is 1.41 bits per heavy atom. The quantitative estimate of drug-likeness (QED) is 0.835. The SMILES string of the molecule is COc1ncccc1CN1CC2CNCC2C1. The lowest BCUT2D eigenvalue weighted by Gasteiger charge is -2.17. The molecule has 2 unspecified atom stereocenters. The second-order valence-electron chi connectivity index (χ2n) is 5.04. The third-order valence-corrected chi connectivity index (χ3v) is 3.90. The molecular formula is C13H19N3O. The molecule has 0 aromatic carbocycles. The van der Waals surface area contributed by atoms with Gasteiger partial charge in [0.1, 0.15) is 0 Å². The summed E-state index contributed by atoms with van der Waals surface area (Å²) in [7, 11) is 1.69. The van der Waals surface area contributed by atoms with Crippen LogP contribution < -0.4 is 10.1 Å². The van der Waals surface area contributed by atoms with Crippen molar-refractivity contribution in [2.24, 2.45) is 11.8 Å². The second-order valence-corrected chi connectivity index (χ2v) is 5.04. The Morgan fingerprint density at radius 2 is 2.18 bits per heavy atom. The van der Waals surface area contributed by atoms with Crippen LogP contribution in [0.4, 0.5) is 0 Å². The van der Waals surface area contributed by atoms with E-state index in [4.69, 9.17) is 4.74 Å². The molecule has 2 atom stereocenters. The number of hydrogen-bond donors (Lipinski definition) is 1. The molecule has 3 heterocycles. The van der Waals surface area contributed by atoms with Crippen molar-refractivity contribution in [1.82, 2.24) is 15.2 Å². The van der Waals surface area contributed by atoms with Crippen LogP contribution in [0.15, 0.2) is 18.3 Å². The molecule has 2 saturated heterocycles. The molecule has 1 aromatic rings. The molecular weight excluding hydrogens is 214 g/mol. The summed E-state index contributed by atoms with van der Waals surface area (Å²) in [5.74, 6) is 2.46. The minimum absolute atomic E-state index is 0.766. The van der Waals surface area contributed by atoms with Gasteiger partial charge in [-0.25, -0.2) is 4.98 Å². The highest BCUT2D eigenvalue weighted by Gasteiger charge is 2.35. The van der Waals surface area contributed by atoms with E-state index in [9.17, 15) is 0 Å². The Hall–Kier alpha value is -1.13. The molecule has 0 amide bonds. The van der Waals surface area contributed by atoms with Crippen LogP contribution in [0.3, 0.4) is 0 Å². The van der Waals surface area contributed by atoms with Gasteiger partial charge in [-0.1, -0.05) is 6.07 Å². The van der Waals surface area contributed by atoms with Crippen molar-refractivity contribution in [3.8, 4) is 5.88 Å². The summed E-state index contributed by atoms with van der Waals surface area (Å²) >= 11 is 0. The molecule has 0 aliphatic carbocycles. The topological polar surface area (TPSA) is 37.4 Å². The fourth-order valence-corrected chi connectivity index (χ4v) is 3.05. The molecule has 17 heavy (non-hydrogen) atoms. The molecule has 0 spiro atoms. The van der Waals surface area contributed by atoms with Gasteiger partial charge in [-0.2, -0.15) is 0 Å². The number of fused-ring (bicyclic) bond motifs is 1. The number of rotatable bonds is 3. The van der Waals surface area contributed by atoms with Crippen LogP contribution in [0, 0.1) is 11.8 Å². The Morgan fingerprint density at radius 3 is 2.88 bits per heavy atom. The summed E-state index contributed by atoms with van der Waals surface area (Å²) in [5.41, 5.74) is 1.20. The van der Waals surface area contributed by atoms with Crippen LogP contribution in [0.25, 0.3) is 0 Å². The first kappa shape index (κ1) is 11.0. The van der Waals surface area contributed by atoms with Gasteiger partial charge in [0.15, 0.2) is 0 Å². The molecule has 1 aromatic heterocycles. The van der Waals surface area contributed by atoms with E-state index in [2.05, 4.69) is 21.3 Å². The monoisotopic (exact) mass is 233 g/mol. The van der Waals surface area contributed by atoms with E-state index >= 15 is 0 Å². The van der Waals surface area contributed by atoms with Crippen molar-refractivity contribution >= 4 is 0 Å². The van der Waals surface area contributed by atoms with Crippen molar-refractivity contribution in [2.45, 2.75) is 6.54 Å². The largest absolute Gasteiger partial charge is 0.481 e. The number of ether oxygens (including phenoxy) is 1. The van der Waals surface area contributed by atoms with E-state index in [0.29, 0.717) is 0 Å². The zero-order chi connectivity index (χ0) is 11.7. The van der Waals surface area contributed by atoms with E-state index in [0.717, 1.165) is 24.3 Å². The average Bonchev–Trinajstić information content (AvgIpc) is 2.90. The molecule has 0 bridgehead atoms. The summed E-state index contributed by atoms with van der Waals surface area (Å²) in [6.07, 6.45) is 1.78. The number of nitrogens with one attached hydrogen (secondary N) is 1. The lowest BCUT2D eigenvalue weighted by atomic mass is 10.0. The van der Waals surface area contributed by atoms with Crippen molar-refractivity contribution in [1.29, 1.82) is 0 Å². The number of aromatic nitrogens is 1. The van der Waals surface area contributed by atoms with E-state index in [-0.39, 0.29) is 0 Å². The third kappa shape index (κ3) is 2.15. The van der Waals surface area contributed by atoms with Crippen LogP contribution >= 0.6 is 0 Å². The lowest BCUT2D eigenvalue weighted by Crippen LogP contribution is -2.25. The Balaban J connectivity index is 1.67. The zero-order valence-corrected chi connectivity index (χ0v) is 10.2. The van der Waals surface area contributed by atoms with Crippen LogP contribution in [0.5, 0.6) is 5.88 Å². The number of pyridine rings is 1. The zero-order valence-electron chi connectivity index (χ0n) is 10.2. The van der Waals surface area contributed by atoms with Gasteiger partial charge in [-0.3, -0.25) is 4.90 Å². The molecule has 0 radical (unpaired) electrons. The van der Waals surface area contributed by atoms with Gasteiger partial charge in [0.25, 0.3) is 0 Å². The fraction of sp³-hybridized carbons (Fsp3) is 0.615. The standard InChI is InChI=1S/C13H19N3O/c1-17-13-10(3-2-4-15-13)7-16-8-11-5-14-6-12(11)9-16/h2-4,11-12,14H,5-9H2,1H3. The van der Waals surface area contributed by atoms with E-state index in [1.165, 1.54) is 31.7 Å². The highest BCUT2D eigenvalue weighted by molar-refractivity contribution is 5.25. The first-order valence-electron chi connectivity index (χ1n) is 6.28. The van der Waals surface area contributed by atoms with Crippen molar-refractivity contribution < 1.29 is 4.74 Å². The maximum absolute atomic E-state index is 5.30. The summed E-state index contributed by atoms with van der Waals surface area (Å²) in [4.78, 5) is 6.77. The van der Waals surface area contributed by atoms with Crippen molar-refractivity contribution in [2.75, 3.05) is 33.3 Å². The van der Waals surface area contributed by atoms with Crippen molar-refractivity contribution in [3.05, 3.63) is 23.9 Å². The highest BCUT2D eigenvalue weighted by Crippen LogP contribution is 2.28. The van der Waals surface area contributed by atoms with Gasteiger partial charge in [0.2, 0.25) is 5.88 Å². The second kappa shape index (κ2) is 4.63. The predicted octanol–water partition coefficient (Wildman–Crippen LogP) is 0.741. The summed E-state index contributed by atoms with van der Waals surface area (Å²) in [6, 6.07) is 4.09. The molecule has 3 rings (SSSR count). The van der Waals surface area contributed by atoms with Gasteiger partial charge in [0.05, 0.1) is 7.11 Å². The summed E-state index contributed by atoms with van der Waals surface area (Å²) < 4.78 is 5.30. The fourth-order valence-electron chi connectivity index (χ4n) is 3.05. The van der Waals surface area contributed by atoms with Crippen LogP contribution in [0.1, 0.15) is 5.56 Å². The molecule has 1 N–H and O–H groups in total. The van der Waals surface area contributed by atoms with Gasteiger partial charge in [0, 0.05) is 31.4 Å².